The quantitative estimate of drug-likeness (QED) is 0.699. The molecule has 1 aliphatic rings. The van der Waals surface area contributed by atoms with Crippen molar-refractivity contribution in [2.45, 2.75) is 46.1 Å². The molecule has 0 amide bonds. The van der Waals surface area contributed by atoms with Gasteiger partial charge in [-0.2, -0.15) is 0 Å². The second-order valence-electron chi connectivity index (χ2n) is 5.02. The van der Waals surface area contributed by atoms with Gasteiger partial charge in [0, 0.05) is 25.7 Å². The predicted octanol–water partition coefficient (Wildman–Crippen LogP) is 1.79. The molecular weight excluding hydrogens is 210 g/mol. The first-order valence-corrected chi connectivity index (χ1v) is 7.48. The van der Waals surface area contributed by atoms with Gasteiger partial charge < -0.3 is 10.2 Å². The van der Waals surface area contributed by atoms with Gasteiger partial charge in [0.25, 0.3) is 0 Å². The van der Waals surface area contributed by atoms with Gasteiger partial charge in [0.15, 0.2) is 0 Å². The molecular formula is C14H31N3. The SMILES string of the molecule is CCNCC1CCCCN1CCN(CC)CC. The fraction of sp³-hybridized carbons (Fsp3) is 1.00. The van der Waals surface area contributed by atoms with Crippen LogP contribution in [0.3, 0.4) is 0 Å². The van der Waals surface area contributed by atoms with E-state index in [1.54, 1.807) is 0 Å². The minimum atomic E-state index is 0.777. The van der Waals surface area contributed by atoms with Crippen LogP contribution in [0.25, 0.3) is 0 Å². The second-order valence-corrected chi connectivity index (χ2v) is 5.02. The Hall–Kier alpha value is -0.120. The highest BCUT2D eigenvalue weighted by molar-refractivity contribution is 4.79. The third-order valence-electron chi connectivity index (χ3n) is 3.98. The van der Waals surface area contributed by atoms with Gasteiger partial charge in [0.05, 0.1) is 0 Å². The third kappa shape index (κ3) is 5.36. The van der Waals surface area contributed by atoms with Crippen molar-refractivity contribution in [1.82, 2.24) is 15.1 Å². The molecule has 1 heterocycles. The van der Waals surface area contributed by atoms with Crippen LogP contribution in [0.5, 0.6) is 0 Å². The largest absolute Gasteiger partial charge is 0.315 e. The highest BCUT2D eigenvalue weighted by Crippen LogP contribution is 2.16. The molecule has 3 heteroatoms. The first-order valence-electron chi connectivity index (χ1n) is 7.48. The lowest BCUT2D eigenvalue weighted by Gasteiger charge is -2.37. The Morgan fingerprint density at radius 2 is 1.94 bits per heavy atom. The summed E-state index contributed by atoms with van der Waals surface area (Å²) in [7, 11) is 0. The van der Waals surface area contributed by atoms with Crippen LogP contribution in [-0.4, -0.2) is 61.7 Å². The van der Waals surface area contributed by atoms with E-state index >= 15 is 0 Å². The Morgan fingerprint density at radius 1 is 1.18 bits per heavy atom. The summed E-state index contributed by atoms with van der Waals surface area (Å²) in [6, 6.07) is 0.777. The average Bonchev–Trinajstić information content (AvgIpc) is 2.38. The van der Waals surface area contributed by atoms with Gasteiger partial charge in [-0.15, -0.1) is 0 Å². The van der Waals surface area contributed by atoms with Gasteiger partial charge in [0.1, 0.15) is 0 Å². The van der Waals surface area contributed by atoms with Gasteiger partial charge in [-0.05, 0) is 39.0 Å². The molecule has 0 aromatic rings. The monoisotopic (exact) mass is 241 g/mol. The molecule has 1 rings (SSSR count). The van der Waals surface area contributed by atoms with Gasteiger partial charge in [-0.1, -0.05) is 27.2 Å². The predicted molar refractivity (Wildman–Crippen MR) is 75.5 cm³/mol. The van der Waals surface area contributed by atoms with Crippen molar-refractivity contribution >= 4 is 0 Å². The van der Waals surface area contributed by atoms with E-state index in [1.807, 2.05) is 0 Å². The van der Waals surface area contributed by atoms with E-state index < -0.39 is 0 Å². The van der Waals surface area contributed by atoms with Crippen molar-refractivity contribution in [3.8, 4) is 0 Å². The smallest absolute Gasteiger partial charge is 0.0221 e. The van der Waals surface area contributed by atoms with Crippen LogP contribution in [0.2, 0.25) is 0 Å². The number of hydrogen-bond acceptors (Lipinski definition) is 3. The maximum absolute atomic E-state index is 3.51. The number of likely N-dealkylation sites (N-methyl/N-ethyl adjacent to an activating group) is 2. The number of rotatable bonds is 8. The number of likely N-dealkylation sites (tertiary alicyclic amines) is 1. The fourth-order valence-electron chi connectivity index (χ4n) is 2.71. The van der Waals surface area contributed by atoms with Gasteiger partial charge in [-0.3, -0.25) is 4.90 Å². The van der Waals surface area contributed by atoms with Crippen LogP contribution < -0.4 is 5.32 Å². The Morgan fingerprint density at radius 3 is 2.59 bits per heavy atom. The highest BCUT2D eigenvalue weighted by atomic mass is 15.2. The molecule has 1 aliphatic heterocycles. The standard InChI is InChI=1S/C14H31N3/c1-4-15-13-14-9-7-8-10-17(14)12-11-16(5-2)6-3/h14-15H,4-13H2,1-3H3. The van der Waals surface area contributed by atoms with E-state index in [1.165, 1.54) is 58.5 Å². The third-order valence-corrected chi connectivity index (χ3v) is 3.98. The molecule has 1 saturated heterocycles. The summed E-state index contributed by atoms with van der Waals surface area (Å²) in [5, 5.41) is 3.51. The minimum absolute atomic E-state index is 0.777. The second kappa shape index (κ2) is 8.90. The van der Waals surface area contributed by atoms with Crippen molar-refractivity contribution in [3.05, 3.63) is 0 Å². The molecule has 3 nitrogen and oxygen atoms in total. The molecule has 0 spiro atoms. The summed E-state index contributed by atoms with van der Waals surface area (Å²) in [5.41, 5.74) is 0. The maximum atomic E-state index is 3.51. The van der Waals surface area contributed by atoms with Crippen molar-refractivity contribution in [2.75, 3.05) is 45.8 Å². The lowest BCUT2D eigenvalue weighted by Crippen LogP contribution is -2.48. The number of nitrogens with zero attached hydrogens (tertiary/aromatic N) is 2. The lowest BCUT2D eigenvalue weighted by atomic mass is 10.0. The molecule has 0 aliphatic carbocycles. The number of piperidine rings is 1. The van der Waals surface area contributed by atoms with Gasteiger partial charge >= 0.3 is 0 Å². The van der Waals surface area contributed by atoms with Crippen molar-refractivity contribution in [2.24, 2.45) is 0 Å². The zero-order chi connectivity index (χ0) is 12.5. The van der Waals surface area contributed by atoms with Crippen LogP contribution in [0.4, 0.5) is 0 Å². The van der Waals surface area contributed by atoms with Crippen molar-refractivity contribution < 1.29 is 0 Å². The topological polar surface area (TPSA) is 18.5 Å². The van der Waals surface area contributed by atoms with E-state index in [2.05, 4.69) is 35.9 Å². The first kappa shape index (κ1) is 14.9. The molecule has 1 atom stereocenters. The molecule has 1 N–H and O–H groups in total. The average molecular weight is 241 g/mol. The zero-order valence-electron chi connectivity index (χ0n) is 12.0. The van der Waals surface area contributed by atoms with Crippen LogP contribution in [0, 0.1) is 0 Å². The summed E-state index contributed by atoms with van der Waals surface area (Å²) in [6.07, 6.45) is 4.18. The van der Waals surface area contributed by atoms with Crippen LogP contribution in [-0.2, 0) is 0 Å². The molecule has 17 heavy (non-hydrogen) atoms. The Bertz CT molecular complexity index is 180. The van der Waals surface area contributed by atoms with Crippen molar-refractivity contribution in [3.63, 3.8) is 0 Å². The Balaban J connectivity index is 2.31. The number of hydrogen-bond donors (Lipinski definition) is 1. The van der Waals surface area contributed by atoms with Crippen LogP contribution in [0.15, 0.2) is 0 Å². The normalized spacial score (nSPS) is 22.2. The molecule has 0 bridgehead atoms. The highest BCUT2D eigenvalue weighted by Gasteiger charge is 2.21. The lowest BCUT2D eigenvalue weighted by molar-refractivity contribution is 0.126. The summed E-state index contributed by atoms with van der Waals surface area (Å²) >= 11 is 0. The van der Waals surface area contributed by atoms with E-state index in [-0.39, 0.29) is 0 Å². The van der Waals surface area contributed by atoms with E-state index in [4.69, 9.17) is 0 Å². The molecule has 0 aromatic heterocycles. The summed E-state index contributed by atoms with van der Waals surface area (Å²) in [6.45, 7) is 15.1. The molecule has 0 radical (unpaired) electrons. The first-order chi connectivity index (χ1) is 8.31. The zero-order valence-corrected chi connectivity index (χ0v) is 12.0. The number of nitrogens with one attached hydrogen (secondary N) is 1. The molecule has 102 valence electrons. The fourth-order valence-corrected chi connectivity index (χ4v) is 2.71. The summed E-state index contributed by atoms with van der Waals surface area (Å²) in [4.78, 5) is 5.23. The molecule has 1 fully saturated rings. The summed E-state index contributed by atoms with van der Waals surface area (Å²) in [5.74, 6) is 0. The Labute approximate surface area is 108 Å². The summed E-state index contributed by atoms with van der Waals surface area (Å²) < 4.78 is 0. The molecule has 0 saturated carbocycles. The Kier molecular flexibility index (Phi) is 7.82. The molecule has 1 unspecified atom stereocenters. The van der Waals surface area contributed by atoms with E-state index in [9.17, 15) is 0 Å². The minimum Gasteiger partial charge on any atom is -0.315 e. The van der Waals surface area contributed by atoms with Crippen LogP contribution in [0.1, 0.15) is 40.0 Å². The van der Waals surface area contributed by atoms with Gasteiger partial charge in [-0.25, -0.2) is 0 Å². The van der Waals surface area contributed by atoms with E-state index in [0.29, 0.717) is 0 Å². The maximum Gasteiger partial charge on any atom is 0.0221 e. The van der Waals surface area contributed by atoms with E-state index in [0.717, 1.165) is 12.6 Å². The molecule has 0 aromatic carbocycles. The van der Waals surface area contributed by atoms with Gasteiger partial charge in [0.2, 0.25) is 0 Å². The van der Waals surface area contributed by atoms with Crippen LogP contribution >= 0.6 is 0 Å². The van der Waals surface area contributed by atoms with Crippen molar-refractivity contribution in [1.29, 1.82) is 0 Å².